The van der Waals surface area contributed by atoms with Gasteiger partial charge in [-0.1, -0.05) is 0 Å². The number of ketones is 1. The number of fused-ring (bicyclic) bond motifs is 1. The van der Waals surface area contributed by atoms with E-state index in [0.717, 1.165) is 35.5 Å². The molecule has 4 nitrogen and oxygen atoms in total. The maximum absolute atomic E-state index is 12.9. The average Bonchev–Trinajstić information content (AvgIpc) is 2.42. The van der Waals surface area contributed by atoms with Crippen molar-refractivity contribution in [2.24, 2.45) is 0 Å². The van der Waals surface area contributed by atoms with Gasteiger partial charge in [0.15, 0.2) is 5.78 Å². The first-order chi connectivity index (χ1) is 9.50. The molecule has 0 spiro atoms. The van der Waals surface area contributed by atoms with Crippen molar-refractivity contribution >= 4 is 5.78 Å². The molecule has 3 rings (SSSR count). The van der Waals surface area contributed by atoms with E-state index in [2.05, 4.69) is 15.0 Å². The number of carbonyl (C=O) groups is 1. The summed E-state index contributed by atoms with van der Waals surface area (Å²) in [4.78, 5) is 26.0. The summed E-state index contributed by atoms with van der Waals surface area (Å²) in [6.07, 6.45) is 3.29. The number of aromatic nitrogens is 3. The number of hydrogen-bond donors (Lipinski definition) is 0. The summed E-state index contributed by atoms with van der Waals surface area (Å²) in [5.74, 6) is 0.829. The Morgan fingerprint density at radius 3 is 2.80 bits per heavy atom. The minimum absolute atomic E-state index is 0.115. The number of aryl methyl sites for hydroxylation is 3. The normalized spacial score (nSPS) is 21.6. The predicted octanol–water partition coefficient (Wildman–Crippen LogP) is 2.58. The van der Waals surface area contributed by atoms with Crippen LogP contribution in [0.15, 0.2) is 24.4 Å². The first-order valence-corrected chi connectivity index (χ1v) is 6.82. The molecule has 2 aromatic rings. The molecule has 0 saturated heterocycles. The summed E-state index contributed by atoms with van der Waals surface area (Å²) in [6.45, 7) is 5.78. The van der Waals surface area contributed by atoms with Crippen molar-refractivity contribution in [1.82, 2.24) is 15.0 Å². The topological polar surface area (TPSA) is 55.7 Å². The molecule has 0 fully saturated rings. The standard InChI is InChI=1S/C16H17N3O/c1-10-9-14(19-11(2)18-10)16(3)7-6-13-12(15(16)20)5-4-8-17-13/h4-5,8-9H,6-7H2,1-3H3. The SMILES string of the molecule is Cc1cc(C2(C)CCc3ncccc3C2=O)nc(C)n1. The van der Waals surface area contributed by atoms with Gasteiger partial charge in [-0.3, -0.25) is 9.78 Å². The van der Waals surface area contributed by atoms with E-state index in [1.807, 2.05) is 39.0 Å². The fourth-order valence-electron chi connectivity index (χ4n) is 2.87. The molecule has 0 saturated carbocycles. The molecule has 0 aromatic carbocycles. The number of pyridine rings is 1. The van der Waals surface area contributed by atoms with Crippen LogP contribution in [-0.2, 0) is 11.8 Å². The first-order valence-electron chi connectivity index (χ1n) is 6.82. The maximum atomic E-state index is 12.9. The van der Waals surface area contributed by atoms with E-state index < -0.39 is 5.41 Å². The van der Waals surface area contributed by atoms with Crippen molar-refractivity contribution in [2.45, 2.75) is 39.0 Å². The van der Waals surface area contributed by atoms with Gasteiger partial charge in [-0.15, -0.1) is 0 Å². The zero-order chi connectivity index (χ0) is 14.3. The van der Waals surface area contributed by atoms with Crippen LogP contribution in [0, 0.1) is 13.8 Å². The highest BCUT2D eigenvalue weighted by molar-refractivity contribution is 6.05. The largest absolute Gasteiger partial charge is 0.293 e. The predicted molar refractivity (Wildman–Crippen MR) is 75.7 cm³/mol. The van der Waals surface area contributed by atoms with E-state index in [1.54, 1.807) is 6.20 Å². The second-order valence-corrected chi connectivity index (χ2v) is 5.60. The summed E-state index contributed by atoms with van der Waals surface area (Å²) >= 11 is 0. The Labute approximate surface area is 118 Å². The highest BCUT2D eigenvalue weighted by Crippen LogP contribution is 2.36. The molecule has 0 amide bonds. The third-order valence-corrected chi connectivity index (χ3v) is 4.03. The fourth-order valence-corrected chi connectivity index (χ4v) is 2.87. The molecule has 2 heterocycles. The Morgan fingerprint density at radius 1 is 1.25 bits per heavy atom. The number of nitrogens with zero attached hydrogens (tertiary/aromatic N) is 3. The number of Topliss-reactive ketones (excluding diaryl/α,β-unsaturated/α-hetero) is 1. The Balaban J connectivity index is 2.12. The molecule has 0 N–H and O–H groups in total. The van der Waals surface area contributed by atoms with Gasteiger partial charge < -0.3 is 0 Å². The van der Waals surface area contributed by atoms with E-state index in [1.165, 1.54) is 0 Å². The summed E-state index contributed by atoms with van der Waals surface area (Å²) < 4.78 is 0. The van der Waals surface area contributed by atoms with Gasteiger partial charge in [-0.25, -0.2) is 9.97 Å². The number of rotatable bonds is 1. The molecule has 1 unspecified atom stereocenters. The molecule has 0 aliphatic heterocycles. The molecule has 20 heavy (non-hydrogen) atoms. The number of carbonyl (C=O) groups excluding carboxylic acids is 1. The third kappa shape index (κ3) is 1.92. The Bertz CT molecular complexity index is 676. The second kappa shape index (κ2) is 4.47. The van der Waals surface area contributed by atoms with E-state index in [-0.39, 0.29) is 5.78 Å². The molecular weight excluding hydrogens is 250 g/mol. The van der Waals surface area contributed by atoms with Gasteiger partial charge in [0.1, 0.15) is 5.82 Å². The lowest BCUT2D eigenvalue weighted by Gasteiger charge is -2.32. The summed E-state index contributed by atoms with van der Waals surface area (Å²) in [7, 11) is 0. The van der Waals surface area contributed by atoms with Crippen LogP contribution in [0.3, 0.4) is 0 Å². The van der Waals surface area contributed by atoms with Crippen LogP contribution in [0.4, 0.5) is 0 Å². The van der Waals surface area contributed by atoms with Gasteiger partial charge in [-0.05, 0) is 51.8 Å². The summed E-state index contributed by atoms with van der Waals surface area (Å²) in [5.41, 5.74) is 2.78. The Hall–Kier alpha value is -2.10. The van der Waals surface area contributed by atoms with Crippen LogP contribution in [0.25, 0.3) is 0 Å². The highest BCUT2D eigenvalue weighted by atomic mass is 16.1. The van der Waals surface area contributed by atoms with Crippen molar-refractivity contribution in [2.75, 3.05) is 0 Å². The average molecular weight is 267 g/mol. The van der Waals surface area contributed by atoms with Crippen molar-refractivity contribution in [3.05, 3.63) is 52.9 Å². The lowest BCUT2D eigenvalue weighted by molar-refractivity contribution is 0.0870. The van der Waals surface area contributed by atoms with E-state index in [0.29, 0.717) is 5.82 Å². The van der Waals surface area contributed by atoms with Crippen LogP contribution < -0.4 is 0 Å². The third-order valence-electron chi connectivity index (χ3n) is 4.03. The Kier molecular flexibility index (Phi) is 2.89. The van der Waals surface area contributed by atoms with Gasteiger partial charge in [0.25, 0.3) is 0 Å². The lowest BCUT2D eigenvalue weighted by atomic mass is 9.71. The summed E-state index contributed by atoms with van der Waals surface area (Å²) in [6, 6.07) is 5.61. The van der Waals surface area contributed by atoms with E-state index >= 15 is 0 Å². The van der Waals surface area contributed by atoms with Crippen LogP contribution in [0.5, 0.6) is 0 Å². The van der Waals surface area contributed by atoms with Crippen molar-refractivity contribution < 1.29 is 4.79 Å². The maximum Gasteiger partial charge on any atom is 0.176 e. The summed E-state index contributed by atoms with van der Waals surface area (Å²) in [5, 5.41) is 0. The molecular formula is C16H17N3O. The molecule has 0 bridgehead atoms. The zero-order valence-corrected chi connectivity index (χ0v) is 12.0. The van der Waals surface area contributed by atoms with Gasteiger partial charge in [-0.2, -0.15) is 0 Å². The zero-order valence-electron chi connectivity index (χ0n) is 12.0. The van der Waals surface area contributed by atoms with Crippen LogP contribution in [-0.4, -0.2) is 20.7 Å². The molecule has 4 heteroatoms. The minimum Gasteiger partial charge on any atom is -0.293 e. The van der Waals surface area contributed by atoms with Gasteiger partial charge in [0.05, 0.1) is 16.8 Å². The van der Waals surface area contributed by atoms with Crippen LogP contribution in [0.1, 0.15) is 46.6 Å². The Morgan fingerprint density at radius 2 is 2.05 bits per heavy atom. The van der Waals surface area contributed by atoms with Crippen LogP contribution in [0.2, 0.25) is 0 Å². The monoisotopic (exact) mass is 267 g/mol. The quantitative estimate of drug-likeness (QED) is 0.797. The van der Waals surface area contributed by atoms with Crippen molar-refractivity contribution in [3.63, 3.8) is 0 Å². The molecule has 2 aromatic heterocycles. The van der Waals surface area contributed by atoms with E-state index in [9.17, 15) is 4.79 Å². The first kappa shape index (κ1) is 12.9. The van der Waals surface area contributed by atoms with Gasteiger partial charge in [0.2, 0.25) is 0 Å². The minimum atomic E-state index is -0.575. The van der Waals surface area contributed by atoms with Gasteiger partial charge in [0, 0.05) is 17.5 Å². The molecule has 102 valence electrons. The van der Waals surface area contributed by atoms with Crippen LogP contribution >= 0.6 is 0 Å². The molecule has 1 atom stereocenters. The van der Waals surface area contributed by atoms with Crippen molar-refractivity contribution in [1.29, 1.82) is 0 Å². The molecule has 0 radical (unpaired) electrons. The van der Waals surface area contributed by atoms with Gasteiger partial charge >= 0.3 is 0 Å². The fraction of sp³-hybridized carbons (Fsp3) is 0.375. The highest BCUT2D eigenvalue weighted by Gasteiger charge is 2.41. The number of hydrogen-bond acceptors (Lipinski definition) is 4. The lowest BCUT2D eigenvalue weighted by Crippen LogP contribution is -2.38. The van der Waals surface area contributed by atoms with E-state index in [4.69, 9.17) is 0 Å². The molecule has 1 aliphatic rings. The second-order valence-electron chi connectivity index (χ2n) is 5.60. The smallest absolute Gasteiger partial charge is 0.176 e. The molecule has 1 aliphatic carbocycles. The van der Waals surface area contributed by atoms with Crippen molar-refractivity contribution in [3.8, 4) is 0 Å².